The molecule has 1 heterocycles. The van der Waals surface area contributed by atoms with Crippen LogP contribution >= 0.6 is 0 Å². The summed E-state index contributed by atoms with van der Waals surface area (Å²) in [6.07, 6.45) is -0.531. The zero-order valence-corrected chi connectivity index (χ0v) is 22.0. The second-order valence-electron chi connectivity index (χ2n) is 9.25. The van der Waals surface area contributed by atoms with Crippen LogP contribution in [-0.4, -0.2) is 17.1 Å². The van der Waals surface area contributed by atoms with E-state index in [2.05, 4.69) is 6.07 Å². The first-order chi connectivity index (χ1) is 19.5. The van der Waals surface area contributed by atoms with E-state index in [0.717, 1.165) is 16.7 Å². The summed E-state index contributed by atoms with van der Waals surface area (Å²) in [6.45, 7) is 2.31. The summed E-state index contributed by atoms with van der Waals surface area (Å²) in [5, 5.41) is 10.6. The molecule has 8 nitrogen and oxygen atoms in total. The largest absolute Gasteiger partial charge is 0.489 e. The van der Waals surface area contributed by atoms with E-state index in [1.807, 2.05) is 85.8 Å². The molecule has 5 rings (SSSR count). The molecule has 200 valence electrons. The molecule has 0 saturated carbocycles. The third-order valence-electron chi connectivity index (χ3n) is 6.31. The highest BCUT2D eigenvalue weighted by Crippen LogP contribution is 2.28. The highest BCUT2D eigenvalue weighted by Gasteiger charge is 2.31. The topological polar surface area (TPSA) is 119 Å². The zero-order chi connectivity index (χ0) is 27.9. The van der Waals surface area contributed by atoms with E-state index in [-0.39, 0.29) is 5.88 Å². The number of allylic oxidation sites excluding steroid dienone is 1. The smallest absolute Gasteiger partial charge is 0.286 e. The van der Waals surface area contributed by atoms with Crippen LogP contribution in [0.3, 0.4) is 0 Å². The maximum absolute atomic E-state index is 9.36. The molecule has 0 saturated heterocycles. The molecule has 0 fully saturated rings. The molecule has 40 heavy (non-hydrogen) atoms. The van der Waals surface area contributed by atoms with Gasteiger partial charge in [-0.1, -0.05) is 72.8 Å². The minimum Gasteiger partial charge on any atom is -0.489 e. The van der Waals surface area contributed by atoms with E-state index >= 15 is 0 Å². The predicted molar refractivity (Wildman–Crippen MR) is 153 cm³/mol. The van der Waals surface area contributed by atoms with Gasteiger partial charge in [-0.2, -0.15) is 5.26 Å². The molecule has 1 unspecified atom stereocenters. The van der Waals surface area contributed by atoms with Gasteiger partial charge >= 0.3 is 0 Å². The second-order valence-corrected chi connectivity index (χ2v) is 9.25. The van der Waals surface area contributed by atoms with Crippen LogP contribution in [0, 0.1) is 18.3 Å². The molecule has 1 atom stereocenters. The Morgan fingerprint density at radius 1 is 0.875 bits per heavy atom. The molecule has 1 aliphatic heterocycles. The van der Waals surface area contributed by atoms with Gasteiger partial charge < -0.3 is 19.9 Å². The molecule has 1 aliphatic rings. The Kier molecular flexibility index (Phi) is 7.95. The fraction of sp³-hybridized carbons (Fsp3) is 0.125. The summed E-state index contributed by atoms with van der Waals surface area (Å²) in [7, 11) is 0. The molecule has 0 aliphatic carbocycles. The van der Waals surface area contributed by atoms with Crippen molar-refractivity contribution in [1.29, 1.82) is 5.26 Å². The van der Waals surface area contributed by atoms with Crippen molar-refractivity contribution in [2.45, 2.75) is 26.3 Å². The molecular weight excluding hydrogens is 502 g/mol. The highest BCUT2D eigenvalue weighted by molar-refractivity contribution is 6.01. The summed E-state index contributed by atoms with van der Waals surface area (Å²) in [6, 6.07) is 34.3. The molecule has 0 aromatic heterocycles. The van der Waals surface area contributed by atoms with Crippen LogP contribution in [0.2, 0.25) is 0 Å². The van der Waals surface area contributed by atoms with Gasteiger partial charge in [-0.25, -0.2) is 15.8 Å². The van der Waals surface area contributed by atoms with Crippen molar-refractivity contribution in [2.24, 2.45) is 16.6 Å². The van der Waals surface area contributed by atoms with E-state index in [9.17, 15) is 5.26 Å². The lowest BCUT2D eigenvalue weighted by molar-refractivity contribution is 0.0221. The third-order valence-corrected chi connectivity index (χ3v) is 6.31. The number of hydrazine groups is 1. The number of hydrogen-bond donors (Lipinski definition) is 2. The monoisotopic (exact) mass is 531 g/mol. The molecular formula is C32H29N5O3. The lowest BCUT2D eigenvalue weighted by Gasteiger charge is -2.33. The Balaban J connectivity index is 1.42. The maximum Gasteiger partial charge on any atom is 0.286 e. The van der Waals surface area contributed by atoms with E-state index in [1.54, 1.807) is 24.3 Å². The first kappa shape index (κ1) is 26.4. The Hall–Kier alpha value is -5.26. The van der Waals surface area contributed by atoms with Crippen molar-refractivity contribution in [1.82, 2.24) is 5.01 Å². The minimum atomic E-state index is -0.980. The Bertz CT molecular complexity index is 1580. The van der Waals surface area contributed by atoms with Crippen LogP contribution < -0.4 is 25.8 Å². The summed E-state index contributed by atoms with van der Waals surface area (Å²) in [5.74, 6) is 8.30. The number of ether oxygens (including phenoxy) is 3. The number of aliphatic imine (C=N–C) groups is 1. The Labute approximate surface area is 233 Å². The van der Waals surface area contributed by atoms with Gasteiger partial charge in [0.2, 0.25) is 5.88 Å². The first-order valence-electron chi connectivity index (χ1n) is 12.8. The zero-order valence-electron chi connectivity index (χ0n) is 22.0. The third kappa shape index (κ3) is 6.23. The van der Waals surface area contributed by atoms with Crippen LogP contribution in [0.25, 0.3) is 0 Å². The van der Waals surface area contributed by atoms with Gasteiger partial charge in [0.25, 0.3) is 6.35 Å². The van der Waals surface area contributed by atoms with Crippen molar-refractivity contribution in [2.75, 3.05) is 0 Å². The fourth-order valence-electron chi connectivity index (χ4n) is 4.14. The molecule has 4 N–H and O–H groups in total. The SMILES string of the molecule is Cc1ccc(C#N)cc1OC1N=C(Cc2ccccc2)C(N)=C(Oc2cccc(OCc3ccccc3)c2)N1N. The van der Waals surface area contributed by atoms with Crippen LogP contribution in [-0.2, 0) is 13.0 Å². The minimum absolute atomic E-state index is 0.195. The predicted octanol–water partition coefficient (Wildman–Crippen LogP) is 5.19. The normalized spacial score (nSPS) is 14.8. The van der Waals surface area contributed by atoms with Gasteiger partial charge in [-0.3, -0.25) is 0 Å². The number of hydrogen-bond acceptors (Lipinski definition) is 8. The van der Waals surface area contributed by atoms with Crippen molar-refractivity contribution in [3.05, 3.63) is 137 Å². The van der Waals surface area contributed by atoms with Gasteiger partial charge in [0, 0.05) is 12.5 Å². The van der Waals surface area contributed by atoms with Gasteiger partial charge in [-0.15, -0.1) is 0 Å². The van der Waals surface area contributed by atoms with Crippen LogP contribution in [0.1, 0.15) is 22.3 Å². The van der Waals surface area contributed by atoms with Gasteiger partial charge in [-0.05, 0) is 47.9 Å². The Morgan fingerprint density at radius 3 is 2.30 bits per heavy atom. The highest BCUT2D eigenvalue weighted by atomic mass is 16.5. The Morgan fingerprint density at radius 2 is 1.57 bits per heavy atom. The maximum atomic E-state index is 9.36. The van der Waals surface area contributed by atoms with E-state index in [0.29, 0.717) is 47.2 Å². The quantitative estimate of drug-likeness (QED) is 0.285. The van der Waals surface area contributed by atoms with Gasteiger partial charge in [0.1, 0.15) is 29.6 Å². The van der Waals surface area contributed by atoms with E-state index in [1.165, 1.54) is 5.01 Å². The van der Waals surface area contributed by atoms with Crippen molar-refractivity contribution in [3.63, 3.8) is 0 Å². The standard InChI is InChI=1S/C32H29N5O3/c1-22-15-16-25(20-33)18-29(22)40-32-36-28(17-23-9-4-2-5-10-23)30(34)31(37(32)35)39-27-14-8-13-26(19-27)38-21-24-11-6-3-7-12-24/h2-16,18-19,32H,17,21,34-35H2,1H3. The number of nitrogens with zero attached hydrogens (tertiary/aromatic N) is 3. The van der Waals surface area contributed by atoms with Crippen LogP contribution in [0.15, 0.2) is 120 Å². The fourth-order valence-corrected chi connectivity index (χ4v) is 4.14. The van der Waals surface area contributed by atoms with Gasteiger partial charge in [0.05, 0.1) is 17.3 Å². The molecule has 4 aromatic carbocycles. The average Bonchev–Trinajstić information content (AvgIpc) is 2.99. The number of benzene rings is 4. The molecule has 4 aromatic rings. The van der Waals surface area contributed by atoms with E-state index < -0.39 is 6.35 Å². The molecule has 0 spiro atoms. The number of rotatable bonds is 9. The second kappa shape index (κ2) is 12.1. The summed E-state index contributed by atoms with van der Waals surface area (Å²) in [4.78, 5) is 4.73. The van der Waals surface area contributed by atoms with Crippen molar-refractivity contribution >= 4 is 5.71 Å². The lowest BCUT2D eigenvalue weighted by Crippen LogP contribution is -2.49. The first-order valence-corrected chi connectivity index (χ1v) is 12.8. The van der Waals surface area contributed by atoms with Crippen LogP contribution in [0.4, 0.5) is 0 Å². The summed E-state index contributed by atoms with van der Waals surface area (Å²) < 4.78 is 18.4. The molecule has 8 heteroatoms. The van der Waals surface area contributed by atoms with Gasteiger partial charge in [0.15, 0.2) is 0 Å². The van der Waals surface area contributed by atoms with E-state index in [4.69, 9.17) is 30.8 Å². The number of nitriles is 1. The van der Waals surface area contributed by atoms with Crippen molar-refractivity contribution < 1.29 is 14.2 Å². The molecule has 0 bridgehead atoms. The molecule has 0 radical (unpaired) electrons. The van der Waals surface area contributed by atoms with Crippen LogP contribution in [0.5, 0.6) is 17.2 Å². The van der Waals surface area contributed by atoms with Crippen molar-refractivity contribution in [3.8, 4) is 23.3 Å². The number of nitrogens with two attached hydrogens (primary N) is 2. The summed E-state index contributed by atoms with van der Waals surface area (Å²) in [5.41, 5.74) is 10.8. The molecule has 0 amide bonds. The lowest BCUT2D eigenvalue weighted by atomic mass is 10.1. The number of aryl methyl sites for hydroxylation is 1. The summed E-state index contributed by atoms with van der Waals surface area (Å²) >= 11 is 0. The average molecular weight is 532 g/mol.